The van der Waals surface area contributed by atoms with Gasteiger partial charge in [0.05, 0.1) is 6.61 Å². The number of nitrogens with two attached hydrogens (primary N) is 1. The second kappa shape index (κ2) is 4.38. The summed E-state index contributed by atoms with van der Waals surface area (Å²) in [6.45, 7) is 2.57. The van der Waals surface area contributed by atoms with Gasteiger partial charge in [0.1, 0.15) is 0 Å². The van der Waals surface area contributed by atoms with Crippen LogP contribution in [0.1, 0.15) is 18.1 Å². The van der Waals surface area contributed by atoms with Crippen LogP contribution in [0.3, 0.4) is 0 Å². The summed E-state index contributed by atoms with van der Waals surface area (Å²) in [5.74, 6) is 5.05. The predicted molar refractivity (Wildman–Crippen MR) is 60.1 cm³/mol. The fourth-order valence-electron chi connectivity index (χ4n) is 1.76. The molecule has 0 unspecified atom stereocenters. The molecular formula is C12H14N2O. The minimum atomic E-state index is 0.437. The summed E-state index contributed by atoms with van der Waals surface area (Å²) in [6.07, 6.45) is 4.78. The highest BCUT2D eigenvalue weighted by Gasteiger charge is 2.01. The van der Waals surface area contributed by atoms with Gasteiger partial charge in [-0.25, -0.2) is 5.90 Å². The molecule has 0 aliphatic carbocycles. The molecular weight excluding hydrogens is 188 g/mol. The van der Waals surface area contributed by atoms with Gasteiger partial charge in [-0.2, -0.15) is 0 Å². The number of rotatable bonds is 3. The van der Waals surface area contributed by atoms with Crippen LogP contribution in [0.4, 0.5) is 0 Å². The molecule has 1 heterocycles. The highest BCUT2D eigenvalue weighted by molar-refractivity contribution is 5.85. The van der Waals surface area contributed by atoms with Crippen molar-refractivity contribution in [1.29, 1.82) is 0 Å². The fourth-order valence-corrected chi connectivity index (χ4v) is 1.76. The van der Waals surface area contributed by atoms with Gasteiger partial charge < -0.3 is 0 Å². The first-order chi connectivity index (χ1) is 7.35. The van der Waals surface area contributed by atoms with Crippen molar-refractivity contribution in [3.05, 3.63) is 41.7 Å². The average molecular weight is 202 g/mol. The molecule has 2 rings (SSSR count). The molecule has 0 atom stereocenters. The molecule has 0 spiro atoms. The Morgan fingerprint density at radius 2 is 2.20 bits per heavy atom. The second-order valence-corrected chi connectivity index (χ2v) is 3.52. The number of pyridine rings is 1. The summed E-state index contributed by atoms with van der Waals surface area (Å²) in [5.41, 5.74) is 2.34. The maximum Gasteiger partial charge on any atom is 0.0930 e. The number of aryl methyl sites for hydroxylation is 1. The van der Waals surface area contributed by atoms with Crippen molar-refractivity contribution in [2.75, 3.05) is 0 Å². The van der Waals surface area contributed by atoms with Gasteiger partial charge in [0, 0.05) is 17.8 Å². The zero-order valence-corrected chi connectivity index (χ0v) is 8.73. The Balaban J connectivity index is 2.53. The van der Waals surface area contributed by atoms with Crippen LogP contribution in [0.2, 0.25) is 0 Å². The quantitative estimate of drug-likeness (QED) is 0.776. The fraction of sp³-hybridized carbons (Fsp3) is 0.250. The molecule has 1 aromatic heterocycles. The van der Waals surface area contributed by atoms with E-state index in [0.29, 0.717) is 6.61 Å². The number of aromatic nitrogens is 1. The largest absolute Gasteiger partial charge is 0.300 e. The maximum absolute atomic E-state index is 5.05. The molecule has 0 aliphatic heterocycles. The molecule has 2 aromatic rings. The van der Waals surface area contributed by atoms with E-state index in [9.17, 15) is 0 Å². The Bertz CT molecular complexity index is 468. The first kappa shape index (κ1) is 10.1. The van der Waals surface area contributed by atoms with Crippen LogP contribution in [0.15, 0.2) is 30.6 Å². The highest BCUT2D eigenvalue weighted by atomic mass is 16.6. The van der Waals surface area contributed by atoms with Crippen LogP contribution in [0.25, 0.3) is 10.8 Å². The standard InChI is InChI=1S/C12H14N2O/c1-2-10-6-14-7-11-5-9(8-15-13)3-4-12(10)11/h3-7H,2,8,13H2,1H3. The Hall–Kier alpha value is -1.45. The van der Waals surface area contributed by atoms with Gasteiger partial charge >= 0.3 is 0 Å². The lowest BCUT2D eigenvalue weighted by molar-refractivity contribution is 0.124. The third-order valence-electron chi connectivity index (χ3n) is 2.54. The Kier molecular flexibility index (Phi) is 2.94. The van der Waals surface area contributed by atoms with E-state index in [0.717, 1.165) is 17.4 Å². The van der Waals surface area contributed by atoms with E-state index < -0.39 is 0 Å². The monoisotopic (exact) mass is 202 g/mol. The lowest BCUT2D eigenvalue weighted by Gasteiger charge is -2.05. The van der Waals surface area contributed by atoms with Crippen molar-refractivity contribution in [2.24, 2.45) is 5.90 Å². The van der Waals surface area contributed by atoms with E-state index >= 15 is 0 Å². The molecule has 3 heteroatoms. The highest BCUT2D eigenvalue weighted by Crippen LogP contribution is 2.19. The number of hydrogen-bond donors (Lipinski definition) is 1. The van der Waals surface area contributed by atoms with Gasteiger partial charge in [-0.15, -0.1) is 0 Å². The van der Waals surface area contributed by atoms with Crippen molar-refractivity contribution >= 4 is 10.8 Å². The summed E-state index contributed by atoms with van der Waals surface area (Å²) in [6, 6.07) is 6.20. The maximum atomic E-state index is 5.05. The number of hydrogen-bond acceptors (Lipinski definition) is 3. The lowest BCUT2D eigenvalue weighted by Crippen LogP contribution is -1.98. The van der Waals surface area contributed by atoms with Gasteiger partial charge in [-0.1, -0.05) is 19.1 Å². The minimum absolute atomic E-state index is 0.437. The molecule has 78 valence electrons. The van der Waals surface area contributed by atoms with Gasteiger partial charge in [0.2, 0.25) is 0 Å². The Morgan fingerprint density at radius 3 is 2.93 bits per heavy atom. The molecule has 0 amide bonds. The Labute approximate surface area is 88.8 Å². The summed E-state index contributed by atoms with van der Waals surface area (Å²) in [5, 5.41) is 2.40. The topological polar surface area (TPSA) is 48.1 Å². The van der Waals surface area contributed by atoms with E-state index in [4.69, 9.17) is 5.90 Å². The number of nitrogens with zero attached hydrogens (tertiary/aromatic N) is 1. The number of fused-ring (bicyclic) bond motifs is 1. The lowest BCUT2D eigenvalue weighted by atomic mass is 10.0. The number of benzene rings is 1. The van der Waals surface area contributed by atoms with Crippen molar-refractivity contribution in [3.63, 3.8) is 0 Å². The molecule has 0 radical (unpaired) electrons. The van der Waals surface area contributed by atoms with Gasteiger partial charge in [0.25, 0.3) is 0 Å². The molecule has 0 fully saturated rings. The first-order valence-electron chi connectivity index (χ1n) is 5.02. The van der Waals surface area contributed by atoms with Gasteiger partial charge in [-0.05, 0) is 29.0 Å². The normalized spacial score (nSPS) is 10.8. The zero-order chi connectivity index (χ0) is 10.7. The van der Waals surface area contributed by atoms with Crippen molar-refractivity contribution < 1.29 is 4.84 Å². The third-order valence-corrected chi connectivity index (χ3v) is 2.54. The van der Waals surface area contributed by atoms with E-state index in [2.05, 4.69) is 28.9 Å². The van der Waals surface area contributed by atoms with Gasteiger partial charge in [-0.3, -0.25) is 9.82 Å². The molecule has 1 aromatic carbocycles. The summed E-state index contributed by atoms with van der Waals surface area (Å²) in [4.78, 5) is 8.83. The van der Waals surface area contributed by atoms with Crippen LogP contribution >= 0.6 is 0 Å². The third kappa shape index (κ3) is 1.98. The van der Waals surface area contributed by atoms with E-state index in [1.54, 1.807) is 0 Å². The predicted octanol–water partition coefficient (Wildman–Crippen LogP) is 2.19. The zero-order valence-electron chi connectivity index (χ0n) is 8.73. The van der Waals surface area contributed by atoms with E-state index in [-0.39, 0.29) is 0 Å². The summed E-state index contributed by atoms with van der Waals surface area (Å²) < 4.78 is 0. The average Bonchev–Trinajstić information content (AvgIpc) is 2.28. The van der Waals surface area contributed by atoms with Crippen LogP contribution in [-0.2, 0) is 17.9 Å². The van der Waals surface area contributed by atoms with E-state index in [1.165, 1.54) is 10.9 Å². The molecule has 2 N–H and O–H groups in total. The second-order valence-electron chi connectivity index (χ2n) is 3.52. The van der Waals surface area contributed by atoms with Crippen LogP contribution in [0, 0.1) is 0 Å². The van der Waals surface area contributed by atoms with Crippen molar-refractivity contribution in [1.82, 2.24) is 4.98 Å². The molecule has 0 saturated carbocycles. The van der Waals surface area contributed by atoms with Crippen molar-refractivity contribution in [3.8, 4) is 0 Å². The molecule has 15 heavy (non-hydrogen) atoms. The van der Waals surface area contributed by atoms with Crippen LogP contribution < -0.4 is 5.90 Å². The van der Waals surface area contributed by atoms with Crippen LogP contribution in [-0.4, -0.2) is 4.98 Å². The first-order valence-corrected chi connectivity index (χ1v) is 5.02. The molecule has 0 saturated heterocycles. The SMILES string of the molecule is CCc1cncc2cc(CON)ccc12. The summed E-state index contributed by atoms with van der Waals surface area (Å²) >= 11 is 0. The van der Waals surface area contributed by atoms with Gasteiger partial charge in [0.15, 0.2) is 0 Å². The molecule has 3 nitrogen and oxygen atoms in total. The minimum Gasteiger partial charge on any atom is -0.300 e. The molecule has 0 bridgehead atoms. The van der Waals surface area contributed by atoms with E-state index in [1.807, 2.05) is 18.5 Å². The Morgan fingerprint density at radius 1 is 1.33 bits per heavy atom. The van der Waals surface area contributed by atoms with Crippen molar-refractivity contribution in [2.45, 2.75) is 20.0 Å². The smallest absolute Gasteiger partial charge is 0.0930 e. The summed E-state index contributed by atoms with van der Waals surface area (Å²) in [7, 11) is 0. The van der Waals surface area contributed by atoms with Crippen LogP contribution in [0.5, 0.6) is 0 Å². The molecule has 0 aliphatic rings.